The molecule has 21 heavy (non-hydrogen) atoms. The molecule has 0 radical (unpaired) electrons. The number of carbonyl (C=O) groups excluding carboxylic acids is 2. The monoisotopic (exact) mass is 300 g/mol. The number of ether oxygens (including phenoxy) is 1. The Morgan fingerprint density at radius 3 is 2.48 bits per heavy atom. The van der Waals surface area contributed by atoms with Crippen molar-refractivity contribution in [1.82, 2.24) is 5.32 Å². The predicted octanol–water partition coefficient (Wildman–Crippen LogP) is 2.08. The second kappa shape index (κ2) is 7.56. The molecule has 0 bridgehead atoms. The summed E-state index contributed by atoms with van der Waals surface area (Å²) in [5, 5.41) is 5.29. The number of esters is 1. The van der Waals surface area contributed by atoms with E-state index in [4.69, 9.17) is 0 Å². The molecule has 0 aromatic heterocycles. The number of benzene rings is 1. The van der Waals surface area contributed by atoms with Gasteiger partial charge in [-0.05, 0) is 26.0 Å². The number of methoxy groups -OCH3 is 1. The molecule has 0 aliphatic heterocycles. The number of anilines is 1. The largest absolute Gasteiger partial charge is 0.465 e. The summed E-state index contributed by atoms with van der Waals surface area (Å²) in [5.41, 5.74) is -0.587. The van der Waals surface area contributed by atoms with Gasteiger partial charge >= 0.3 is 5.97 Å². The molecule has 0 saturated carbocycles. The number of rotatable bonds is 6. The van der Waals surface area contributed by atoms with Crippen molar-refractivity contribution in [3.8, 4) is 0 Å². The molecule has 5 nitrogen and oxygen atoms in total. The first-order valence-corrected chi connectivity index (χ1v) is 6.46. The standard InChI is InChI=1S/C14H18F2N2O3/c1-8(2)18-11(19)6-7-17-10-5-4-9(14(20)21-3)12(15)13(10)16/h4-5,8,17H,6-7H2,1-3H3,(H,18,19). The summed E-state index contributed by atoms with van der Waals surface area (Å²) in [6.07, 6.45) is 0.123. The molecule has 1 aromatic carbocycles. The molecule has 0 unspecified atom stereocenters. The average Bonchev–Trinajstić information content (AvgIpc) is 2.42. The zero-order chi connectivity index (χ0) is 16.0. The highest BCUT2D eigenvalue weighted by Gasteiger charge is 2.19. The SMILES string of the molecule is COC(=O)c1ccc(NCCC(=O)NC(C)C)c(F)c1F. The van der Waals surface area contributed by atoms with Crippen molar-refractivity contribution < 1.29 is 23.1 Å². The highest BCUT2D eigenvalue weighted by atomic mass is 19.2. The van der Waals surface area contributed by atoms with Gasteiger partial charge in [0.15, 0.2) is 11.6 Å². The first-order chi connectivity index (χ1) is 9.86. The predicted molar refractivity (Wildman–Crippen MR) is 74.1 cm³/mol. The lowest BCUT2D eigenvalue weighted by Gasteiger charge is -2.11. The van der Waals surface area contributed by atoms with Crippen molar-refractivity contribution in [2.24, 2.45) is 0 Å². The molecule has 1 amide bonds. The molecule has 0 heterocycles. The van der Waals surface area contributed by atoms with E-state index in [0.717, 1.165) is 13.2 Å². The maximum absolute atomic E-state index is 13.7. The fourth-order valence-electron chi connectivity index (χ4n) is 1.66. The van der Waals surface area contributed by atoms with Gasteiger partial charge in [0.25, 0.3) is 0 Å². The molecule has 0 aliphatic carbocycles. The van der Waals surface area contributed by atoms with Gasteiger partial charge in [-0.3, -0.25) is 4.79 Å². The quantitative estimate of drug-likeness (QED) is 0.789. The van der Waals surface area contributed by atoms with Crippen LogP contribution in [0.15, 0.2) is 12.1 Å². The fourth-order valence-corrected chi connectivity index (χ4v) is 1.66. The van der Waals surface area contributed by atoms with Crippen LogP contribution in [0.3, 0.4) is 0 Å². The van der Waals surface area contributed by atoms with Gasteiger partial charge < -0.3 is 15.4 Å². The van der Waals surface area contributed by atoms with E-state index in [1.165, 1.54) is 6.07 Å². The van der Waals surface area contributed by atoms with Gasteiger partial charge in [-0.1, -0.05) is 0 Å². The lowest BCUT2D eigenvalue weighted by atomic mass is 10.1. The molecular weight excluding hydrogens is 282 g/mol. The fraction of sp³-hybridized carbons (Fsp3) is 0.429. The molecule has 0 fully saturated rings. The van der Waals surface area contributed by atoms with E-state index in [2.05, 4.69) is 15.4 Å². The van der Waals surface area contributed by atoms with Gasteiger partial charge in [0.2, 0.25) is 5.91 Å². The molecule has 0 aliphatic rings. The molecule has 7 heteroatoms. The molecule has 0 saturated heterocycles. The molecule has 116 valence electrons. The Hall–Kier alpha value is -2.18. The molecule has 1 rings (SSSR count). The lowest BCUT2D eigenvalue weighted by Crippen LogP contribution is -2.31. The van der Waals surface area contributed by atoms with E-state index in [1.54, 1.807) is 0 Å². The summed E-state index contributed by atoms with van der Waals surface area (Å²) in [6.45, 7) is 3.80. The second-order valence-corrected chi connectivity index (χ2v) is 4.68. The van der Waals surface area contributed by atoms with E-state index in [0.29, 0.717) is 0 Å². The van der Waals surface area contributed by atoms with Crippen LogP contribution in [0.25, 0.3) is 0 Å². The summed E-state index contributed by atoms with van der Waals surface area (Å²) in [6, 6.07) is 2.37. The number of carbonyl (C=O) groups is 2. The highest BCUT2D eigenvalue weighted by molar-refractivity contribution is 5.90. The van der Waals surface area contributed by atoms with Crippen LogP contribution < -0.4 is 10.6 Å². The van der Waals surface area contributed by atoms with Crippen LogP contribution >= 0.6 is 0 Å². The first kappa shape index (κ1) is 16.9. The summed E-state index contributed by atoms with van der Waals surface area (Å²) in [4.78, 5) is 22.6. The minimum Gasteiger partial charge on any atom is -0.465 e. The van der Waals surface area contributed by atoms with Crippen LogP contribution in [-0.2, 0) is 9.53 Å². The second-order valence-electron chi connectivity index (χ2n) is 4.68. The Balaban J connectivity index is 2.67. The van der Waals surface area contributed by atoms with Gasteiger partial charge in [0, 0.05) is 19.0 Å². The van der Waals surface area contributed by atoms with Crippen LogP contribution in [0.5, 0.6) is 0 Å². The minimum atomic E-state index is -1.28. The Bertz CT molecular complexity index is 533. The van der Waals surface area contributed by atoms with Crippen molar-refractivity contribution in [3.05, 3.63) is 29.3 Å². The number of hydrogen-bond donors (Lipinski definition) is 2. The molecule has 0 atom stereocenters. The molecular formula is C14H18F2N2O3. The van der Waals surface area contributed by atoms with Gasteiger partial charge in [-0.15, -0.1) is 0 Å². The van der Waals surface area contributed by atoms with E-state index in [1.807, 2.05) is 13.8 Å². The third kappa shape index (κ3) is 4.70. The van der Waals surface area contributed by atoms with Crippen molar-refractivity contribution in [2.75, 3.05) is 19.0 Å². The van der Waals surface area contributed by atoms with Crippen LogP contribution in [0, 0.1) is 11.6 Å². The van der Waals surface area contributed by atoms with Crippen LogP contribution in [0.4, 0.5) is 14.5 Å². The van der Waals surface area contributed by atoms with E-state index < -0.39 is 23.2 Å². The van der Waals surface area contributed by atoms with Crippen molar-refractivity contribution in [2.45, 2.75) is 26.3 Å². The third-order valence-corrected chi connectivity index (χ3v) is 2.60. The van der Waals surface area contributed by atoms with Gasteiger partial charge in [-0.25, -0.2) is 13.6 Å². The Morgan fingerprint density at radius 1 is 1.24 bits per heavy atom. The van der Waals surface area contributed by atoms with Gasteiger partial charge in [-0.2, -0.15) is 0 Å². The third-order valence-electron chi connectivity index (χ3n) is 2.60. The topological polar surface area (TPSA) is 67.4 Å². The highest BCUT2D eigenvalue weighted by Crippen LogP contribution is 2.21. The maximum Gasteiger partial charge on any atom is 0.340 e. The van der Waals surface area contributed by atoms with E-state index in [9.17, 15) is 18.4 Å². The molecule has 2 N–H and O–H groups in total. The van der Waals surface area contributed by atoms with Crippen LogP contribution in [0.2, 0.25) is 0 Å². The van der Waals surface area contributed by atoms with Gasteiger partial charge in [0.1, 0.15) is 0 Å². The summed E-state index contributed by atoms with van der Waals surface area (Å²) in [7, 11) is 1.08. The number of halogens is 2. The summed E-state index contributed by atoms with van der Waals surface area (Å²) < 4.78 is 31.8. The zero-order valence-electron chi connectivity index (χ0n) is 12.1. The summed E-state index contributed by atoms with van der Waals surface area (Å²) >= 11 is 0. The first-order valence-electron chi connectivity index (χ1n) is 6.46. The van der Waals surface area contributed by atoms with Crippen LogP contribution in [0.1, 0.15) is 30.6 Å². The zero-order valence-corrected chi connectivity index (χ0v) is 12.1. The molecule has 0 spiro atoms. The summed E-state index contributed by atoms with van der Waals surface area (Å²) in [5.74, 6) is -3.60. The Morgan fingerprint density at radius 2 is 1.90 bits per heavy atom. The van der Waals surface area contributed by atoms with Crippen molar-refractivity contribution in [1.29, 1.82) is 0 Å². The number of nitrogens with one attached hydrogen (secondary N) is 2. The normalized spacial score (nSPS) is 10.4. The Kier molecular flexibility index (Phi) is 6.08. The van der Waals surface area contributed by atoms with E-state index in [-0.39, 0.29) is 30.6 Å². The minimum absolute atomic E-state index is 0.0195. The maximum atomic E-state index is 13.7. The van der Waals surface area contributed by atoms with Gasteiger partial charge in [0.05, 0.1) is 18.4 Å². The smallest absolute Gasteiger partial charge is 0.340 e. The lowest BCUT2D eigenvalue weighted by molar-refractivity contribution is -0.121. The van der Waals surface area contributed by atoms with Crippen molar-refractivity contribution in [3.63, 3.8) is 0 Å². The van der Waals surface area contributed by atoms with Crippen molar-refractivity contribution >= 4 is 17.6 Å². The average molecular weight is 300 g/mol. The van der Waals surface area contributed by atoms with Crippen LogP contribution in [-0.4, -0.2) is 31.6 Å². The Labute approximate surface area is 121 Å². The van der Waals surface area contributed by atoms with E-state index >= 15 is 0 Å². The number of amides is 1. The number of hydrogen-bond acceptors (Lipinski definition) is 4. The molecule has 1 aromatic rings.